The van der Waals surface area contributed by atoms with Crippen molar-refractivity contribution in [2.75, 3.05) is 13.7 Å². The first kappa shape index (κ1) is 14.8. The summed E-state index contributed by atoms with van der Waals surface area (Å²) in [5.74, 6) is 6.50. The molecule has 1 heterocycles. The zero-order chi connectivity index (χ0) is 13.7. The van der Waals surface area contributed by atoms with Crippen molar-refractivity contribution in [3.63, 3.8) is 0 Å². The van der Waals surface area contributed by atoms with Crippen LogP contribution in [-0.4, -0.2) is 25.9 Å². The minimum atomic E-state index is 0.239. The van der Waals surface area contributed by atoms with E-state index in [2.05, 4.69) is 33.5 Å². The molecule has 1 saturated heterocycles. The van der Waals surface area contributed by atoms with Gasteiger partial charge >= 0.3 is 0 Å². The lowest BCUT2D eigenvalue weighted by molar-refractivity contribution is 0.0946. The minimum absolute atomic E-state index is 0.239. The summed E-state index contributed by atoms with van der Waals surface area (Å²) in [4.78, 5) is 0. The monoisotopic (exact) mass is 328 g/mol. The lowest BCUT2D eigenvalue weighted by Crippen LogP contribution is -2.39. The smallest absolute Gasteiger partial charge is 0.133 e. The number of benzene rings is 1. The summed E-state index contributed by atoms with van der Waals surface area (Å²) >= 11 is 3.51. The van der Waals surface area contributed by atoms with Gasteiger partial charge in [-0.3, -0.25) is 11.3 Å². The molecule has 0 bridgehead atoms. The Hall–Kier alpha value is -0.620. The van der Waals surface area contributed by atoms with E-state index in [-0.39, 0.29) is 6.04 Å². The molecule has 0 saturated carbocycles. The quantitative estimate of drug-likeness (QED) is 0.622. The molecule has 0 radical (unpaired) electrons. The van der Waals surface area contributed by atoms with Crippen LogP contribution in [0.15, 0.2) is 22.7 Å². The van der Waals surface area contributed by atoms with Gasteiger partial charge in [-0.2, -0.15) is 0 Å². The summed E-state index contributed by atoms with van der Waals surface area (Å²) in [7, 11) is 1.67. The highest BCUT2D eigenvalue weighted by Gasteiger charge is 2.20. The summed E-state index contributed by atoms with van der Waals surface area (Å²) in [5, 5.41) is 0. The molecule has 1 aliphatic heterocycles. The largest absolute Gasteiger partial charge is 0.496 e. The second-order valence-corrected chi connectivity index (χ2v) is 5.76. The number of hydrazine groups is 1. The maximum atomic E-state index is 5.66. The van der Waals surface area contributed by atoms with Crippen LogP contribution in [0.1, 0.15) is 24.8 Å². The first-order chi connectivity index (χ1) is 9.22. The van der Waals surface area contributed by atoms with Crippen LogP contribution in [-0.2, 0) is 11.2 Å². The Morgan fingerprint density at radius 1 is 1.58 bits per heavy atom. The van der Waals surface area contributed by atoms with Crippen LogP contribution in [0.3, 0.4) is 0 Å². The highest BCUT2D eigenvalue weighted by atomic mass is 79.9. The van der Waals surface area contributed by atoms with E-state index in [1.807, 2.05) is 6.07 Å². The fraction of sp³-hybridized carbons (Fsp3) is 0.571. The van der Waals surface area contributed by atoms with Gasteiger partial charge < -0.3 is 9.47 Å². The van der Waals surface area contributed by atoms with Gasteiger partial charge in [0.25, 0.3) is 0 Å². The van der Waals surface area contributed by atoms with Crippen LogP contribution < -0.4 is 16.0 Å². The molecule has 0 spiro atoms. The summed E-state index contributed by atoms with van der Waals surface area (Å²) in [5.41, 5.74) is 4.13. The van der Waals surface area contributed by atoms with Crippen molar-refractivity contribution in [2.45, 2.75) is 37.8 Å². The van der Waals surface area contributed by atoms with E-state index in [1.54, 1.807) is 7.11 Å². The average Bonchev–Trinajstić information content (AvgIpc) is 2.91. The molecule has 3 N–H and O–H groups in total. The van der Waals surface area contributed by atoms with Crippen LogP contribution in [0.4, 0.5) is 0 Å². The maximum absolute atomic E-state index is 5.66. The van der Waals surface area contributed by atoms with E-state index in [4.69, 9.17) is 15.3 Å². The summed E-state index contributed by atoms with van der Waals surface area (Å²) in [6.45, 7) is 0.885. The van der Waals surface area contributed by atoms with Gasteiger partial charge in [0, 0.05) is 12.6 Å². The first-order valence-electron chi connectivity index (χ1n) is 6.63. The van der Waals surface area contributed by atoms with Crippen molar-refractivity contribution in [3.05, 3.63) is 28.2 Å². The highest BCUT2D eigenvalue weighted by Crippen LogP contribution is 2.26. The predicted octanol–water partition coefficient (Wildman–Crippen LogP) is 2.40. The fourth-order valence-corrected chi connectivity index (χ4v) is 3.07. The van der Waals surface area contributed by atoms with Crippen molar-refractivity contribution in [1.82, 2.24) is 5.43 Å². The van der Waals surface area contributed by atoms with Crippen molar-refractivity contribution >= 4 is 15.9 Å². The van der Waals surface area contributed by atoms with Gasteiger partial charge in [-0.1, -0.05) is 6.07 Å². The lowest BCUT2D eigenvalue weighted by Gasteiger charge is -2.20. The van der Waals surface area contributed by atoms with Gasteiger partial charge in [0.05, 0.1) is 17.7 Å². The molecular formula is C14H21BrN2O2. The fourth-order valence-electron chi connectivity index (χ4n) is 2.48. The molecule has 1 aliphatic rings. The third-order valence-electron chi connectivity index (χ3n) is 3.51. The number of methoxy groups -OCH3 is 1. The molecule has 19 heavy (non-hydrogen) atoms. The minimum Gasteiger partial charge on any atom is -0.496 e. The van der Waals surface area contributed by atoms with E-state index < -0.39 is 0 Å². The molecule has 0 aliphatic carbocycles. The Bertz CT molecular complexity index is 408. The Labute approximate surface area is 122 Å². The zero-order valence-corrected chi connectivity index (χ0v) is 12.8. The molecule has 4 nitrogen and oxygen atoms in total. The number of halogens is 1. The molecule has 2 atom stereocenters. The third kappa shape index (κ3) is 4.18. The van der Waals surface area contributed by atoms with E-state index in [1.165, 1.54) is 5.56 Å². The Morgan fingerprint density at radius 3 is 3.00 bits per heavy atom. The number of hydrogen-bond donors (Lipinski definition) is 2. The SMILES string of the molecule is COc1ccc(CC(CC2CCCO2)NN)cc1Br. The Morgan fingerprint density at radius 2 is 2.42 bits per heavy atom. The highest BCUT2D eigenvalue weighted by molar-refractivity contribution is 9.10. The standard InChI is InChI=1S/C14H21BrN2O2/c1-18-14-5-4-10(8-13(14)15)7-11(17-16)9-12-3-2-6-19-12/h4-5,8,11-12,17H,2-3,6-7,9,16H2,1H3. The number of hydrogen-bond acceptors (Lipinski definition) is 4. The van der Waals surface area contributed by atoms with Gasteiger partial charge in [0.15, 0.2) is 0 Å². The predicted molar refractivity (Wildman–Crippen MR) is 79.1 cm³/mol. The first-order valence-corrected chi connectivity index (χ1v) is 7.42. The number of rotatable bonds is 6. The number of ether oxygens (including phenoxy) is 2. The second-order valence-electron chi connectivity index (χ2n) is 4.91. The van der Waals surface area contributed by atoms with Crippen LogP contribution in [0, 0.1) is 0 Å². The van der Waals surface area contributed by atoms with Crippen molar-refractivity contribution in [2.24, 2.45) is 5.84 Å². The van der Waals surface area contributed by atoms with Crippen LogP contribution >= 0.6 is 15.9 Å². The molecular weight excluding hydrogens is 308 g/mol. The van der Waals surface area contributed by atoms with E-state index in [9.17, 15) is 0 Å². The Kier molecular flexibility index (Phi) is 5.63. The van der Waals surface area contributed by atoms with Crippen LogP contribution in [0.2, 0.25) is 0 Å². The van der Waals surface area contributed by atoms with Gasteiger partial charge in [0.2, 0.25) is 0 Å². The van der Waals surface area contributed by atoms with Crippen LogP contribution in [0.25, 0.3) is 0 Å². The number of nitrogens with two attached hydrogens (primary N) is 1. The normalized spacial score (nSPS) is 20.5. The van der Waals surface area contributed by atoms with Crippen LogP contribution in [0.5, 0.6) is 5.75 Å². The van der Waals surface area contributed by atoms with Gasteiger partial charge in [-0.05, 0) is 59.3 Å². The summed E-state index contributed by atoms with van der Waals surface area (Å²) in [6.07, 6.45) is 4.50. The summed E-state index contributed by atoms with van der Waals surface area (Å²) in [6, 6.07) is 6.37. The van der Waals surface area contributed by atoms with E-state index >= 15 is 0 Å². The second kappa shape index (κ2) is 7.24. The molecule has 1 aromatic carbocycles. The molecule has 5 heteroatoms. The Balaban J connectivity index is 1.95. The summed E-state index contributed by atoms with van der Waals surface area (Å²) < 4.78 is 11.9. The average molecular weight is 329 g/mol. The van der Waals surface area contributed by atoms with Crippen molar-refractivity contribution in [3.8, 4) is 5.75 Å². The van der Waals surface area contributed by atoms with E-state index in [0.29, 0.717) is 6.10 Å². The van der Waals surface area contributed by atoms with E-state index in [0.717, 1.165) is 42.5 Å². The topological polar surface area (TPSA) is 56.5 Å². The number of nitrogens with one attached hydrogen (secondary N) is 1. The van der Waals surface area contributed by atoms with Gasteiger partial charge in [-0.15, -0.1) is 0 Å². The molecule has 106 valence electrons. The third-order valence-corrected chi connectivity index (χ3v) is 4.13. The molecule has 0 amide bonds. The molecule has 2 unspecified atom stereocenters. The maximum Gasteiger partial charge on any atom is 0.133 e. The van der Waals surface area contributed by atoms with Crippen molar-refractivity contribution < 1.29 is 9.47 Å². The molecule has 1 aromatic rings. The molecule has 2 rings (SSSR count). The van der Waals surface area contributed by atoms with Gasteiger partial charge in [-0.25, -0.2) is 0 Å². The van der Waals surface area contributed by atoms with Gasteiger partial charge in [0.1, 0.15) is 5.75 Å². The lowest BCUT2D eigenvalue weighted by atomic mass is 10.00. The zero-order valence-electron chi connectivity index (χ0n) is 11.2. The molecule has 0 aromatic heterocycles. The van der Waals surface area contributed by atoms with Crippen molar-refractivity contribution in [1.29, 1.82) is 0 Å². The molecule has 1 fully saturated rings.